The van der Waals surface area contributed by atoms with Gasteiger partial charge in [-0.3, -0.25) is 4.79 Å². The fourth-order valence-electron chi connectivity index (χ4n) is 2.43. The normalized spacial score (nSPS) is 22.5. The quantitative estimate of drug-likeness (QED) is 0.580. The predicted octanol–water partition coefficient (Wildman–Crippen LogP) is 1.81. The largest absolute Gasteiger partial charge is 0.382 e. The van der Waals surface area contributed by atoms with Crippen LogP contribution >= 0.6 is 0 Å². The fourth-order valence-corrected chi connectivity index (χ4v) is 2.43. The van der Waals surface area contributed by atoms with Crippen LogP contribution < -0.4 is 0 Å². The maximum atomic E-state index is 11.7. The van der Waals surface area contributed by atoms with Gasteiger partial charge in [0, 0.05) is 13.5 Å². The fraction of sp³-hybridized carbons (Fsp3) is 0.923. The second kappa shape index (κ2) is 7.09. The molecule has 0 amide bonds. The number of hydrogen-bond acceptors (Lipinski definition) is 4. The summed E-state index contributed by atoms with van der Waals surface area (Å²) in [6.45, 7) is 6.45. The highest BCUT2D eigenvalue weighted by Crippen LogP contribution is 2.45. The molecule has 0 aromatic carbocycles. The number of ketones is 1. The summed E-state index contributed by atoms with van der Waals surface area (Å²) in [5.74, 6) is 0.354. The molecule has 0 heterocycles. The number of ether oxygens (including phenoxy) is 3. The molecule has 4 heteroatoms. The smallest absolute Gasteiger partial charge is 0.144 e. The lowest BCUT2D eigenvalue weighted by atomic mass is 9.61. The van der Waals surface area contributed by atoms with E-state index in [9.17, 15) is 4.79 Å². The Balaban J connectivity index is 2.17. The van der Waals surface area contributed by atoms with Gasteiger partial charge in [0.2, 0.25) is 0 Å². The van der Waals surface area contributed by atoms with E-state index >= 15 is 0 Å². The van der Waals surface area contributed by atoms with Gasteiger partial charge in [-0.05, 0) is 12.8 Å². The Morgan fingerprint density at radius 1 is 1.18 bits per heavy atom. The van der Waals surface area contributed by atoms with Crippen LogP contribution in [0.2, 0.25) is 0 Å². The van der Waals surface area contributed by atoms with Crippen molar-refractivity contribution in [3.05, 3.63) is 0 Å². The van der Waals surface area contributed by atoms with Crippen molar-refractivity contribution in [3.8, 4) is 0 Å². The summed E-state index contributed by atoms with van der Waals surface area (Å²) in [5, 5.41) is 0. The monoisotopic (exact) mass is 244 g/mol. The number of methoxy groups -OCH3 is 1. The van der Waals surface area contributed by atoms with E-state index in [2.05, 4.69) is 13.8 Å². The molecule has 0 bridgehead atoms. The molecular weight excluding hydrogens is 220 g/mol. The predicted molar refractivity (Wildman–Crippen MR) is 65.1 cm³/mol. The van der Waals surface area contributed by atoms with Crippen molar-refractivity contribution in [2.75, 3.05) is 33.5 Å². The standard InChI is InChI=1S/C13H24O4/c1-4-13(5-2)11(14)10-12(13)17-9-8-16-7-6-15-3/h12H,4-10H2,1-3H3. The van der Waals surface area contributed by atoms with Gasteiger partial charge in [0.1, 0.15) is 5.78 Å². The van der Waals surface area contributed by atoms with Crippen LogP contribution in [-0.4, -0.2) is 45.4 Å². The molecule has 1 atom stereocenters. The van der Waals surface area contributed by atoms with Crippen LogP contribution in [0.3, 0.4) is 0 Å². The molecule has 1 saturated carbocycles. The Kier molecular flexibility index (Phi) is 6.09. The first kappa shape index (κ1) is 14.6. The molecule has 4 nitrogen and oxygen atoms in total. The van der Waals surface area contributed by atoms with Crippen molar-refractivity contribution in [1.82, 2.24) is 0 Å². The second-order valence-corrected chi connectivity index (χ2v) is 4.46. The molecule has 17 heavy (non-hydrogen) atoms. The summed E-state index contributed by atoms with van der Waals surface area (Å²) in [5.41, 5.74) is -0.216. The van der Waals surface area contributed by atoms with E-state index in [1.807, 2.05) is 0 Å². The first-order valence-electron chi connectivity index (χ1n) is 6.42. The van der Waals surface area contributed by atoms with Gasteiger partial charge in [-0.2, -0.15) is 0 Å². The van der Waals surface area contributed by atoms with E-state index in [4.69, 9.17) is 14.2 Å². The Hall–Kier alpha value is -0.450. The van der Waals surface area contributed by atoms with Gasteiger partial charge in [-0.25, -0.2) is 0 Å². The summed E-state index contributed by atoms with van der Waals surface area (Å²) >= 11 is 0. The molecule has 1 aliphatic carbocycles. The lowest BCUT2D eigenvalue weighted by molar-refractivity contribution is -0.167. The zero-order valence-electron chi connectivity index (χ0n) is 11.2. The Bertz CT molecular complexity index is 236. The van der Waals surface area contributed by atoms with E-state index in [1.165, 1.54) is 0 Å². The van der Waals surface area contributed by atoms with Crippen molar-refractivity contribution >= 4 is 5.78 Å². The first-order valence-corrected chi connectivity index (χ1v) is 6.42. The summed E-state index contributed by atoms with van der Waals surface area (Å²) in [6, 6.07) is 0. The maximum Gasteiger partial charge on any atom is 0.144 e. The molecule has 0 aromatic rings. The molecule has 1 unspecified atom stereocenters. The van der Waals surface area contributed by atoms with E-state index in [1.54, 1.807) is 7.11 Å². The third-order valence-corrected chi connectivity index (χ3v) is 3.78. The lowest BCUT2D eigenvalue weighted by Gasteiger charge is -2.46. The molecule has 0 saturated heterocycles. The van der Waals surface area contributed by atoms with Crippen molar-refractivity contribution in [3.63, 3.8) is 0 Å². The highest BCUT2D eigenvalue weighted by atomic mass is 16.5. The van der Waals surface area contributed by atoms with Crippen LogP contribution in [0.4, 0.5) is 0 Å². The average Bonchev–Trinajstić information content (AvgIpc) is 2.34. The average molecular weight is 244 g/mol. The van der Waals surface area contributed by atoms with Crippen LogP contribution in [0.5, 0.6) is 0 Å². The molecule has 1 rings (SSSR count). The SMILES string of the molecule is CCC1(CC)C(=O)CC1OCCOCCOC. The maximum absolute atomic E-state index is 11.7. The van der Waals surface area contributed by atoms with Crippen LogP contribution in [0, 0.1) is 5.41 Å². The van der Waals surface area contributed by atoms with Crippen molar-refractivity contribution in [2.24, 2.45) is 5.41 Å². The van der Waals surface area contributed by atoms with Gasteiger partial charge >= 0.3 is 0 Å². The Morgan fingerprint density at radius 2 is 1.82 bits per heavy atom. The second-order valence-electron chi connectivity index (χ2n) is 4.46. The lowest BCUT2D eigenvalue weighted by Crippen LogP contribution is -2.54. The van der Waals surface area contributed by atoms with Crippen LogP contribution in [-0.2, 0) is 19.0 Å². The van der Waals surface area contributed by atoms with Gasteiger partial charge in [-0.15, -0.1) is 0 Å². The number of rotatable bonds is 9. The van der Waals surface area contributed by atoms with Gasteiger partial charge in [0.25, 0.3) is 0 Å². The number of carbonyl (C=O) groups is 1. The summed E-state index contributed by atoms with van der Waals surface area (Å²) in [7, 11) is 1.65. The summed E-state index contributed by atoms with van der Waals surface area (Å²) < 4.78 is 15.9. The molecular formula is C13H24O4. The molecule has 0 radical (unpaired) electrons. The van der Waals surface area contributed by atoms with Gasteiger partial charge in [0.05, 0.1) is 37.9 Å². The molecule has 0 aromatic heterocycles. The Labute approximate surface area is 104 Å². The van der Waals surface area contributed by atoms with Crippen LogP contribution in [0.15, 0.2) is 0 Å². The van der Waals surface area contributed by atoms with E-state index < -0.39 is 0 Å². The topological polar surface area (TPSA) is 44.8 Å². The first-order chi connectivity index (χ1) is 8.21. The third kappa shape index (κ3) is 3.27. The summed E-state index contributed by atoms with van der Waals surface area (Å²) in [6.07, 6.45) is 2.41. The van der Waals surface area contributed by atoms with Crippen LogP contribution in [0.25, 0.3) is 0 Å². The number of carbonyl (C=O) groups excluding carboxylic acids is 1. The van der Waals surface area contributed by atoms with Crippen LogP contribution in [0.1, 0.15) is 33.1 Å². The minimum Gasteiger partial charge on any atom is -0.382 e. The van der Waals surface area contributed by atoms with Gasteiger partial charge < -0.3 is 14.2 Å². The highest BCUT2D eigenvalue weighted by molar-refractivity contribution is 5.92. The molecule has 0 spiro atoms. The summed E-state index contributed by atoms with van der Waals surface area (Å²) in [4.78, 5) is 11.7. The van der Waals surface area contributed by atoms with E-state index in [0.29, 0.717) is 38.6 Å². The highest BCUT2D eigenvalue weighted by Gasteiger charge is 2.52. The Morgan fingerprint density at radius 3 is 2.35 bits per heavy atom. The van der Waals surface area contributed by atoms with Crippen molar-refractivity contribution in [1.29, 1.82) is 0 Å². The zero-order valence-corrected chi connectivity index (χ0v) is 11.2. The minimum absolute atomic E-state index is 0.0935. The van der Waals surface area contributed by atoms with E-state index in [-0.39, 0.29) is 11.5 Å². The molecule has 0 aliphatic heterocycles. The van der Waals surface area contributed by atoms with Crippen molar-refractivity contribution in [2.45, 2.75) is 39.2 Å². The number of hydrogen-bond donors (Lipinski definition) is 0. The van der Waals surface area contributed by atoms with Gasteiger partial charge in [-0.1, -0.05) is 13.8 Å². The molecule has 1 aliphatic rings. The number of Topliss-reactive ketones (excluding diaryl/α,β-unsaturated/α-hetero) is 1. The molecule has 100 valence electrons. The van der Waals surface area contributed by atoms with Crippen molar-refractivity contribution < 1.29 is 19.0 Å². The minimum atomic E-state index is -0.216. The zero-order chi connectivity index (χ0) is 12.7. The third-order valence-electron chi connectivity index (χ3n) is 3.78. The van der Waals surface area contributed by atoms with Gasteiger partial charge in [0.15, 0.2) is 0 Å². The molecule has 0 N–H and O–H groups in total. The molecule has 1 fully saturated rings. The van der Waals surface area contributed by atoms with E-state index in [0.717, 1.165) is 12.8 Å².